The summed E-state index contributed by atoms with van der Waals surface area (Å²) in [5, 5.41) is 9.52. The lowest BCUT2D eigenvalue weighted by Gasteiger charge is -2.13. The first-order chi connectivity index (χ1) is 11.7. The molecule has 0 aliphatic carbocycles. The van der Waals surface area contributed by atoms with Crippen molar-refractivity contribution >= 4 is 0 Å². The normalized spacial score (nSPS) is 10.6. The average molecular weight is 318 g/mol. The Labute approximate surface area is 143 Å². The van der Waals surface area contributed by atoms with E-state index in [1.54, 1.807) is 7.11 Å². The van der Waals surface area contributed by atoms with Crippen molar-refractivity contribution in [1.82, 2.24) is 0 Å². The van der Waals surface area contributed by atoms with Crippen LogP contribution in [0, 0.1) is 6.92 Å². The van der Waals surface area contributed by atoms with Crippen LogP contribution >= 0.6 is 0 Å². The van der Waals surface area contributed by atoms with E-state index in [0.717, 1.165) is 34.4 Å². The van der Waals surface area contributed by atoms with Gasteiger partial charge in [0.1, 0.15) is 5.75 Å². The highest BCUT2D eigenvalue weighted by Gasteiger charge is 2.09. The van der Waals surface area contributed by atoms with Crippen LogP contribution in [0.2, 0.25) is 0 Å². The summed E-state index contributed by atoms with van der Waals surface area (Å²) < 4.78 is 5.55. The maximum Gasteiger partial charge on any atom is 0.126 e. The number of methoxy groups -OCH3 is 1. The number of hydrogen-bond donors (Lipinski definition) is 1. The van der Waals surface area contributed by atoms with Gasteiger partial charge in [0.2, 0.25) is 0 Å². The molecule has 1 N–H and O–H groups in total. The van der Waals surface area contributed by atoms with Crippen molar-refractivity contribution < 1.29 is 9.84 Å². The SMILES string of the molecule is COc1ccc(Cc2ccccc2CO)cc1-c1cccc(C)c1. The molecule has 0 radical (unpaired) electrons. The van der Waals surface area contributed by atoms with Crippen molar-refractivity contribution in [2.45, 2.75) is 20.0 Å². The molecule has 2 nitrogen and oxygen atoms in total. The fraction of sp³-hybridized carbons (Fsp3) is 0.182. The van der Waals surface area contributed by atoms with E-state index in [0.29, 0.717) is 0 Å². The third kappa shape index (κ3) is 3.50. The standard InChI is InChI=1S/C22H22O2/c1-16-6-5-9-19(12-16)21-14-17(10-11-22(21)24-2)13-18-7-3-4-8-20(18)15-23/h3-12,14,23H,13,15H2,1-2H3. The molecule has 0 heterocycles. The maximum absolute atomic E-state index is 9.52. The van der Waals surface area contributed by atoms with Crippen LogP contribution in [-0.4, -0.2) is 12.2 Å². The fourth-order valence-electron chi connectivity index (χ4n) is 3.01. The highest BCUT2D eigenvalue weighted by molar-refractivity contribution is 5.72. The predicted octanol–water partition coefficient (Wildman–Crippen LogP) is 4.75. The first-order valence-electron chi connectivity index (χ1n) is 8.13. The zero-order valence-corrected chi connectivity index (χ0v) is 14.1. The Kier molecular flexibility index (Phi) is 4.97. The fourth-order valence-corrected chi connectivity index (χ4v) is 3.01. The lowest BCUT2D eigenvalue weighted by atomic mass is 9.95. The molecule has 2 heteroatoms. The summed E-state index contributed by atoms with van der Waals surface area (Å²) in [4.78, 5) is 0. The molecule has 0 spiro atoms. The summed E-state index contributed by atoms with van der Waals surface area (Å²) in [5.41, 5.74) is 6.81. The Hall–Kier alpha value is -2.58. The van der Waals surface area contributed by atoms with Crippen molar-refractivity contribution in [3.63, 3.8) is 0 Å². The molecule has 0 atom stereocenters. The Morgan fingerprint density at radius 3 is 2.38 bits per heavy atom. The lowest BCUT2D eigenvalue weighted by molar-refractivity contribution is 0.281. The molecule has 0 bridgehead atoms. The van der Waals surface area contributed by atoms with Gasteiger partial charge in [-0.2, -0.15) is 0 Å². The first kappa shape index (κ1) is 16.3. The summed E-state index contributed by atoms with van der Waals surface area (Å²) in [7, 11) is 1.70. The van der Waals surface area contributed by atoms with Crippen LogP contribution in [0.5, 0.6) is 5.75 Å². The van der Waals surface area contributed by atoms with Gasteiger partial charge in [-0.1, -0.05) is 60.2 Å². The second-order valence-electron chi connectivity index (χ2n) is 6.01. The number of aliphatic hydroxyl groups is 1. The largest absolute Gasteiger partial charge is 0.496 e. The zero-order chi connectivity index (χ0) is 16.9. The van der Waals surface area contributed by atoms with Crippen LogP contribution < -0.4 is 4.74 Å². The number of aliphatic hydroxyl groups excluding tert-OH is 1. The van der Waals surface area contributed by atoms with Gasteiger partial charge in [0.05, 0.1) is 13.7 Å². The number of benzene rings is 3. The van der Waals surface area contributed by atoms with Crippen LogP contribution in [-0.2, 0) is 13.0 Å². The molecule has 3 rings (SSSR count). The van der Waals surface area contributed by atoms with Crippen LogP contribution in [0.3, 0.4) is 0 Å². The van der Waals surface area contributed by atoms with E-state index in [1.807, 2.05) is 24.3 Å². The minimum absolute atomic E-state index is 0.0665. The molecule has 0 aliphatic heterocycles. The molecule has 0 saturated heterocycles. The minimum Gasteiger partial charge on any atom is -0.496 e. The van der Waals surface area contributed by atoms with E-state index in [-0.39, 0.29) is 6.61 Å². The van der Waals surface area contributed by atoms with Crippen LogP contribution in [0.25, 0.3) is 11.1 Å². The molecular weight excluding hydrogens is 296 g/mol. The monoisotopic (exact) mass is 318 g/mol. The Morgan fingerprint density at radius 2 is 1.67 bits per heavy atom. The van der Waals surface area contributed by atoms with Gasteiger partial charge in [0.15, 0.2) is 0 Å². The molecule has 0 fully saturated rings. The maximum atomic E-state index is 9.52. The highest BCUT2D eigenvalue weighted by atomic mass is 16.5. The summed E-state index contributed by atoms with van der Waals surface area (Å²) in [6, 6.07) is 22.8. The molecule has 3 aromatic carbocycles. The van der Waals surface area contributed by atoms with Gasteiger partial charge < -0.3 is 9.84 Å². The third-order valence-corrected chi connectivity index (χ3v) is 4.28. The first-order valence-corrected chi connectivity index (χ1v) is 8.13. The van der Waals surface area contributed by atoms with Gasteiger partial charge in [-0.15, -0.1) is 0 Å². The van der Waals surface area contributed by atoms with Crippen LogP contribution in [0.1, 0.15) is 22.3 Å². The summed E-state index contributed by atoms with van der Waals surface area (Å²) in [6.45, 7) is 2.16. The van der Waals surface area contributed by atoms with E-state index in [1.165, 1.54) is 11.1 Å². The Bertz CT molecular complexity index is 837. The van der Waals surface area contributed by atoms with Gasteiger partial charge in [0, 0.05) is 5.56 Å². The zero-order valence-electron chi connectivity index (χ0n) is 14.1. The molecule has 0 aromatic heterocycles. The summed E-state index contributed by atoms with van der Waals surface area (Å²) >= 11 is 0. The van der Waals surface area contributed by atoms with E-state index in [4.69, 9.17) is 4.74 Å². The van der Waals surface area contributed by atoms with E-state index in [9.17, 15) is 5.11 Å². The predicted molar refractivity (Wildman–Crippen MR) is 98.3 cm³/mol. The summed E-state index contributed by atoms with van der Waals surface area (Å²) in [6.07, 6.45) is 0.791. The average Bonchev–Trinajstić information content (AvgIpc) is 2.62. The van der Waals surface area contributed by atoms with Crippen molar-refractivity contribution in [2.24, 2.45) is 0 Å². The molecule has 0 aliphatic rings. The molecule has 0 amide bonds. The van der Waals surface area contributed by atoms with E-state index in [2.05, 4.69) is 49.4 Å². The third-order valence-electron chi connectivity index (χ3n) is 4.28. The van der Waals surface area contributed by atoms with Crippen molar-refractivity contribution in [3.8, 4) is 16.9 Å². The quantitative estimate of drug-likeness (QED) is 0.735. The number of aryl methyl sites for hydroxylation is 1. The topological polar surface area (TPSA) is 29.5 Å². The minimum atomic E-state index is 0.0665. The number of hydrogen-bond acceptors (Lipinski definition) is 2. The Morgan fingerprint density at radius 1 is 0.875 bits per heavy atom. The number of rotatable bonds is 5. The molecule has 3 aromatic rings. The molecule has 122 valence electrons. The van der Waals surface area contributed by atoms with Gasteiger partial charge in [-0.25, -0.2) is 0 Å². The second-order valence-corrected chi connectivity index (χ2v) is 6.01. The highest BCUT2D eigenvalue weighted by Crippen LogP contribution is 2.32. The number of ether oxygens (including phenoxy) is 1. The smallest absolute Gasteiger partial charge is 0.126 e. The van der Waals surface area contributed by atoms with Crippen molar-refractivity contribution in [3.05, 3.63) is 89.0 Å². The summed E-state index contributed by atoms with van der Waals surface area (Å²) in [5.74, 6) is 0.875. The van der Waals surface area contributed by atoms with E-state index < -0.39 is 0 Å². The molecular formula is C22H22O2. The van der Waals surface area contributed by atoms with Gasteiger partial charge >= 0.3 is 0 Å². The second kappa shape index (κ2) is 7.33. The van der Waals surface area contributed by atoms with Gasteiger partial charge in [0.25, 0.3) is 0 Å². The van der Waals surface area contributed by atoms with Crippen LogP contribution in [0.15, 0.2) is 66.7 Å². The molecule has 0 unspecified atom stereocenters. The van der Waals surface area contributed by atoms with Crippen LogP contribution in [0.4, 0.5) is 0 Å². The molecule has 24 heavy (non-hydrogen) atoms. The van der Waals surface area contributed by atoms with Crippen molar-refractivity contribution in [1.29, 1.82) is 0 Å². The van der Waals surface area contributed by atoms with Crippen molar-refractivity contribution in [2.75, 3.05) is 7.11 Å². The van der Waals surface area contributed by atoms with Gasteiger partial charge in [-0.05, 0) is 47.7 Å². The Balaban J connectivity index is 2.00. The lowest BCUT2D eigenvalue weighted by Crippen LogP contribution is -1.97. The molecule has 0 saturated carbocycles. The van der Waals surface area contributed by atoms with E-state index >= 15 is 0 Å². The van der Waals surface area contributed by atoms with Gasteiger partial charge in [-0.3, -0.25) is 0 Å².